The molecule has 9 N–H and O–H groups in total. The van der Waals surface area contributed by atoms with Gasteiger partial charge in [-0.25, -0.2) is 0 Å². The quantitative estimate of drug-likeness (QED) is 0.107. The van der Waals surface area contributed by atoms with E-state index in [-0.39, 0.29) is 18.2 Å². The van der Waals surface area contributed by atoms with E-state index in [1.54, 1.807) is 0 Å². The molecule has 236 valence electrons. The van der Waals surface area contributed by atoms with E-state index in [0.717, 1.165) is 77.2 Å². The standard InChI is InChI=1S/C32H63N3O5/c1-3-4-5-6-9-12-27(36)13-10-7-8-11-14-28(31(38)39)29(37)21-26(23-34-2)32(40)17-15-25(22-32)19-24-16-18-35-30(33)20-24/h24-30,34-37,40H,3-23,33H2,1-2H3,(H,38,39)/p+1. The van der Waals surface area contributed by atoms with Gasteiger partial charge in [-0.2, -0.15) is 0 Å². The van der Waals surface area contributed by atoms with E-state index in [2.05, 4.69) is 12.2 Å². The van der Waals surface area contributed by atoms with Gasteiger partial charge in [0.15, 0.2) is 0 Å². The van der Waals surface area contributed by atoms with Crippen molar-refractivity contribution in [2.24, 2.45) is 29.4 Å². The summed E-state index contributed by atoms with van der Waals surface area (Å²) in [6.07, 6.45) is 16.6. The number of aliphatic hydroxyl groups excluding tert-OH is 2. The minimum Gasteiger partial charge on any atom is -0.550 e. The number of hydrogen-bond acceptors (Lipinski definition) is 6. The van der Waals surface area contributed by atoms with Crippen molar-refractivity contribution in [1.82, 2.24) is 0 Å². The van der Waals surface area contributed by atoms with E-state index in [1.165, 1.54) is 32.1 Å². The van der Waals surface area contributed by atoms with Crippen molar-refractivity contribution in [3.8, 4) is 0 Å². The number of rotatable bonds is 22. The topological polar surface area (TPSA) is 160 Å². The van der Waals surface area contributed by atoms with Crippen molar-refractivity contribution >= 4 is 5.97 Å². The molecule has 0 aromatic rings. The van der Waals surface area contributed by atoms with Crippen LogP contribution in [0, 0.1) is 23.7 Å². The number of carbonyl (C=O) groups is 1. The van der Waals surface area contributed by atoms with Gasteiger partial charge in [0.1, 0.15) is 6.17 Å². The van der Waals surface area contributed by atoms with Crippen molar-refractivity contribution in [2.75, 3.05) is 20.1 Å². The lowest BCUT2D eigenvalue weighted by Gasteiger charge is -2.35. The summed E-state index contributed by atoms with van der Waals surface area (Å²) in [5, 5.41) is 49.1. The summed E-state index contributed by atoms with van der Waals surface area (Å²) in [4.78, 5) is 12.0. The molecular formula is C32H64N3O5+. The van der Waals surface area contributed by atoms with Crippen LogP contribution >= 0.6 is 0 Å². The fourth-order valence-corrected chi connectivity index (χ4v) is 7.53. The molecule has 0 amide bonds. The average Bonchev–Trinajstić information content (AvgIpc) is 3.28. The van der Waals surface area contributed by atoms with Gasteiger partial charge in [-0.15, -0.1) is 0 Å². The minimum atomic E-state index is -1.19. The maximum Gasteiger partial charge on any atom is 0.137 e. The van der Waals surface area contributed by atoms with Gasteiger partial charge in [0.05, 0.1) is 37.9 Å². The van der Waals surface area contributed by atoms with Crippen molar-refractivity contribution in [3.63, 3.8) is 0 Å². The van der Waals surface area contributed by atoms with E-state index in [9.17, 15) is 25.2 Å². The molecule has 0 bridgehead atoms. The first-order valence-electron chi connectivity index (χ1n) is 16.8. The zero-order valence-electron chi connectivity index (χ0n) is 25.8. The van der Waals surface area contributed by atoms with Crippen LogP contribution < -0.4 is 21.5 Å². The van der Waals surface area contributed by atoms with Crippen LogP contribution in [0.3, 0.4) is 0 Å². The molecule has 8 unspecified atom stereocenters. The van der Waals surface area contributed by atoms with Crippen LogP contribution in [0.4, 0.5) is 0 Å². The van der Waals surface area contributed by atoms with Crippen molar-refractivity contribution in [1.29, 1.82) is 0 Å². The Labute approximate surface area is 244 Å². The molecule has 0 aromatic carbocycles. The zero-order valence-corrected chi connectivity index (χ0v) is 25.8. The summed E-state index contributed by atoms with van der Waals surface area (Å²) in [5.74, 6) is -1.16. The molecule has 8 heteroatoms. The highest BCUT2D eigenvalue weighted by Crippen LogP contribution is 2.44. The van der Waals surface area contributed by atoms with Gasteiger partial charge in [0.2, 0.25) is 0 Å². The molecule has 1 aliphatic carbocycles. The Bertz CT molecular complexity index is 683. The van der Waals surface area contributed by atoms with E-state index >= 15 is 0 Å². The molecule has 1 heterocycles. The number of aliphatic carboxylic acids is 1. The number of hydrogen-bond donors (Lipinski definition) is 6. The SMILES string of the molecule is CCCCCCCC(O)CCCCCCC(C(=O)[O-])C(O)CC(C[NH2+]C)C1(O)CCC(CC2CC[NH2+]C(N)C2)C1. The zero-order chi connectivity index (χ0) is 29.4. The number of nitrogens with two attached hydrogens (primary N) is 3. The minimum absolute atomic E-state index is 0.148. The summed E-state index contributed by atoms with van der Waals surface area (Å²) in [6.45, 7) is 3.95. The molecule has 40 heavy (non-hydrogen) atoms. The number of carboxylic acid groups (broad SMARTS) is 1. The van der Waals surface area contributed by atoms with Gasteiger partial charge in [-0.3, -0.25) is 5.73 Å². The first-order chi connectivity index (χ1) is 19.2. The Balaban J connectivity index is 1.74. The van der Waals surface area contributed by atoms with Gasteiger partial charge in [-0.05, 0) is 69.6 Å². The number of carboxylic acids is 1. The summed E-state index contributed by atoms with van der Waals surface area (Å²) in [6, 6.07) is 0. The van der Waals surface area contributed by atoms with Gasteiger partial charge in [0.25, 0.3) is 0 Å². The second-order valence-electron chi connectivity index (χ2n) is 13.4. The van der Waals surface area contributed by atoms with Crippen LogP contribution in [-0.2, 0) is 4.79 Å². The predicted octanol–water partition coefficient (Wildman–Crippen LogP) is 1.15. The van der Waals surface area contributed by atoms with E-state index < -0.39 is 23.6 Å². The summed E-state index contributed by atoms with van der Waals surface area (Å²) < 4.78 is 0. The predicted molar refractivity (Wildman–Crippen MR) is 157 cm³/mol. The molecule has 0 spiro atoms. The van der Waals surface area contributed by atoms with Crippen LogP contribution in [0.15, 0.2) is 0 Å². The third-order valence-electron chi connectivity index (χ3n) is 9.96. The molecular weight excluding hydrogens is 506 g/mol. The maximum absolute atomic E-state index is 12.0. The summed E-state index contributed by atoms with van der Waals surface area (Å²) in [7, 11) is 1.97. The Kier molecular flexibility index (Phi) is 17.2. The third kappa shape index (κ3) is 13.0. The molecule has 1 aliphatic heterocycles. The number of carbonyl (C=O) groups excluding carboxylic acids is 1. The largest absolute Gasteiger partial charge is 0.550 e. The highest BCUT2D eigenvalue weighted by Gasteiger charge is 2.46. The molecule has 2 fully saturated rings. The highest BCUT2D eigenvalue weighted by atomic mass is 16.4. The maximum atomic E-state index is 12.0. The van der Waals surface area contributed by atoms with E-state index in [1.807, 2.05) is 12.4 Å². The summed E-state index contributed by atoms with van der Waals surface area (Å²) in [5.41, 5.74) is 5.29. The molecule has 2 rings (SSSR count). The Hall–Kier alpha value is -0.770. The van der Waals surface area contributed by atoms with Crippen molar-refractivity contribution < 1.29 is 35.9 Å². The molecule has 1 saturated heterocycles. The average molecular weight is 571 g/mol. The normalized spacial score (nSPS) is 28.3. The smallest absolute Gasteiger partial charge is 0.137 e. The monoisotopic (exact) mass is 570 g/mol. The van der Waals surface area contributed by atoms with Gasteiger partial charge >= 0.3 is 0 Å². The van der Waals surface area contributed by atoms with Crippen molar-refractivity contribution in [3.05, 3.63) is 0 Å². The number of unbranched alkanes of at least 4 members (excludes halogenated alkanes) is 7. The van der Waals surface area contributed by atoms with Crippen LogP contribution in [0.5, 0.6) is 0 Å². The first-order valence-corrected chi connectivity index (χ1v) is 16.8. The fourth-order valence-electron chi connectivity index (χ4n) is 7.53. The van der Waals surface area contributed by atoms with Crippen molar-refractivity contribution in [2.45, 2.75) is 153 Å². The number of quaternary nitrogens is 2. The second-order valence-corrected chi connectivity index (χ2v) is 13.4. The van der Waals surface area contributed by atoms with Gasteiger partial charge < -0.3 is 35.9 Å². The third-order valence-corrected chi connectivity index (χ3v) is 9.96. The lowest BCUT2D eigenvalue weighted by molar-refractivity contribution is -0.699. The first kappa shape index (κ1) is 35.4. The van der Waals surface area contributed by atoms with Crippen LogP contribution in [0.2, 0.25) is 0 Å². The lowest BCUT2D eigenvalue weighted by Crippen LogP contribution is -2.94. The molecule has 8 nitrogen and oxygen atoms in total. The second kappa shape index (κ2) is 19.4. The molecule has 8 atom stereocenters. The number of aliphatic hydroxyl groups is 3. The highest BCUT2D eigenvalue weighted by molar-refractivity contribution is 5.68. The number of piperidine rings is 1. The summed E-state index contributed by atoms with van der Waals surface area (Å²) >= 11 is 0. The molecule has 2 aliphatic rings. The fraction of sp³-hybridized carbons (Fsp3) is 0.969. The van der Waals surface area contributed by atoms with Gasteiger partial charge in [-0.1, -0.05) is 64.7 Å². The Morgan fingerprint density at radius 1 is 1.02 bits per heavy atom. The lowest BCUT2D eigenvalue weighted by atomic mass is 9.77. The molecule has 0 aromatic heterocycles. The Morgan fingerprint density at radius 2 is 1.68 bits per heavy atom. The molecule has 1 saturated carbocycles. The molecule has 0 radical (unpaired) electrons. The van der Waals surface area contributed by atoms with E-state index in [4.69, 9.17) is 5.73 Å². The van der Waals surface area contributed by atoms with Crippen LogP contribution in [-0.4, -0.2) is 65.4 Å². The van der Waals surface area contributed by atoms with Crippen LogP contribution in [0.1, 0.15) is 129 Å². The van der Waals surface area contributed by atoms with Gasteiger partial charge in [0, 0.05) is 24.2 Å². The van der Waals surface area contributed by atoms with Crippen LogP contribution in [0.25, 0.3) is 0 Å². The Morgan fingerprint density at radius 3 is 2.27 bits per heavy atom. The van der Waals surface area contributed by atoms with E-state index in [0.29, 0.717) is 37.6 Å².